The van der Waals surface area contributed by atoms with Crippen LogP contribution < -0.4 is 0 Å². The fourth-order valence-electron chi connectivity index (χ4n) is 1.95. The van der Waals surface area contributed by atoms with Crippen molar-refractivity contribution in [2.24, 2.45) is 0 Å². The van der Waals surface area contributed by atoms with Crippen molar-refractivity contribution in [2.45, 2.75) is 32.6 Å². The average molecular weight is 231 g/mol. The number of hydrogen-bond donors (Lipinski definition) is 0. The molecule has 0 saturated heterocycles. The molecule has 0 aliphatic heterocycles. The van der Waals surface area contributed by atoms with Gasteiger partial charge in [-0.25, -0.2) is 14.8 Å². The van der Waals surface area contributed by atoms with Crippen LogP contribution in [0.1, 0.15) is 48.7 Å². The summed E-state index contributed by atoms with van der Waals surface area (Å²) in [6.45, 7) is 2.14. The summed E-state index contributed by atoms with van der Waals surface area (Å²) in [4.78, 5) is 19.6. The van der Waals surface area contributed by atoms with Gasteiger partial charge in [0.25, 0.3) is 0 Å². The zero-order chi connectivity index (χ0) is 12.1. The van der Waals surface area contributed by atoms with Crippen LogP contribution in [-0.2, 0) is 4.74 Å². The maximum Gasteiger partial charge on any atom is 0.341 e. The van der Waals surface area contributed by atoms with Gasteiger partial charge in [0.2, 0.25) is 0 Å². The molecule has 1 aromatic heterocycles. The molecule has 1 aliphatic carbocycles. The number of allylic oxidation sites excluding steroid dienone is 2. The highest BCUT2D eigenvalue weighted by Crippen LogP contribution is 2.27. The minimum atomic E-state index is -0.358. The molecule has 4 nitrogen and oxygen atoms in total. The molecule has 0 N–H and O–H groups in total. The number of rotatable bonds is 3. The topological polar surface area (TPSA) is 52.1 Å². The van der Waals surface area contributed by atoms with E-state index in [1.165, 1.54) is 12.6 Å². The van der Waals surface area contributed by atoms with Crippen LogP contribution >= 0.6 is 0 Å². The first-order valence-electron chi connectivity index (χ1n) is 5.92. The SMILES string of the molecule is CCOC(=O)c1cn[c]nc1C1=CCCCC1. The molecule has 2 rings (SSSR count). The lowest BCUT2D eigenvalue weighted by molar-refractivity contribution is 0.0525. The molecular weight excluding hydrogens is 216 g/mol. The highest BCUT2D eigenvalue weighted by atomic mass is 16.5. The van der Waals surface area contributed by atoms with Crippen molar-refractivity contribution >= 4 is 11.5 Å². The van der Waals surface area contributed by atoms with Gasteiger partial charge in [0.05, 0.1) is 12.3 Å². The predicted molar refractivity (Wildman–Crippen MR) is 63.3 cm³/mol. The molecule has 0 unspecified atom stereocenters. The van der Waals surface area contributed by atoms with E-state index in [-0.39, 0.29) is 5.97 Å². The maximum absolute atomic E-state index is 11.8. The third-order valence-corrected chi connectivity index (χ3v) is 2.76. The Labute approximate surface area is 101 Å². The number of nitrogens with zero attached hydrogens (tertiary/aromatic N) is 2. The van der Waals surface area contributed by atoms with Gasteiger partial charge < -0.3 is 4.74 Å². The third kappa shape index (κ3) is 2.70. The first-order chi connectivity index (χ1) is 8.33. The van der Waals surface area contributed by atoms with Crippen molar-refractivity contribution in [2.75, 3.05) is 6.61 Å². The van der Waals surface area contributed by atoms with Crippen molar-refractivity contribution in [1.29, 1.82) is 0 Å². The van der Waals surface area contributed by atoms with Crippen LogP contribution in [0.4, 0.5) is 0 Å². The Kier molecular flexibility index (Phi) is 3.85. The molecule has 17 heavy (non-hydrogen) atoms. The van der Waals surface area contributed by atoms with E-state index in [4.69, 9.17) is 4.74 Å². The summed E-state index contributed by atoms with van der Waals surface area (Å²) in [6.07, 6.45) is 10.5. The predicted octanol–water partition coefficient (Wildman–Crippen LogP) is 2.41. The van der Waals surface area contributed by atoms with Gasteiger partial charge in [0.1, 0.15) is 5.56 Å². The second kappa shape index (κ2) is 5.57. The Bertz CT molecular complexity index is 441. The standard InChI is InChI=1S/C13H15N2O2/c1-2-17-13(16)11-8-14-9-15-12(11)10-6-4-3-5-7-10/h6,8H,2-5,7H2,1H3. The van der Waals surface area contributed by atoms with Crippen LogP contribution in [-0.4, -0.2) is 22.5 Å². The molecule has 0 bridgehead atoms. The summed E-state index contributed by atoms with van der Waals surface area (Å²) in [7, 11) is 0. The van der Waals surface area contributed by atoms with Crippen molar-refractivity contribution < 1.29 is 9.53 Å². The van der Waals surface area contributed by atoms with Crippen LogP contribution in [0, 0.1) is 6.33 Å². The number of ether oxygens (including phenoxy) is 1. The molecule has 1 aliphatic rings. The molecule has 0 saturated carbocycles. The molecule has 89 valence electrons. The van der Waals surface area contributed by atoms with Gasteiger partial charge in [-0.2, -0.15) is 0 Å². The van der Waals surface area contributed by atoms with Crippen LogP contribution in [0.2, 0.25) is 0 Å². The lowest BCUT2D eigenvalue weighted by Gasteiger charge is -2.14. The molecule has 0 amide bonds. The van der Waals surface area contributed by atoms with Crippen LogP contribution in [0.3, 0.4) is 0 Å². The van der Waals surface area contributed by atoms with E-state index in [2.05, 4.69) is 22.4 Å². The minimum absolute atomic E-state index is 0.357. The number of esters is 1. The molecular formula is C13H15N2O2. The second-order valence-electron chi connectivity index (χ2n) is 3.93. The van der Waals surface area contributed by atoms with E-state index in [1.54, 1.807) is 6.92 Å². The van der Waals surface area contributed by atoms with Crippen molar-refractivity contribution in [3.63, 3.8) is 0 Å². The molecule has 1 radical (unpaired) electrons. The van der Waals surface area contributed by atoms with Crippen molar-refractivity contribution in [3.8, 4) is 0 Å². The van der Waals surface area contributed by atoms with Gasteiger partial charge in [-0.3, -0.25) is 0 Å². The minimum Gasteiger partial charge on any atom is -0.462 e. The van der Waals surface area contributed by atoms with E-state index < -0.39 is 0 Å². The van der Waals surface area contributed by atoms with E-state index in [1.807, 2.05) is 0 Å². The van der Waals surface area contributed by atoms with E-state index in [0.29, 0.717) is 17.9 Å². The fraction of sp³-hybridized carbons (Fsp3) is 0.462. The largest absolute Gasteiger partial charge is 0.462 e. The summed E-state index contributed by atoms with van der Waals surface area (Å²) >= 11 is 0. The quantitative estimate of drug-likeness (QED) is 0.749. The summed E-state index contributed by atoms with van der Waals surface area (Å²) < 4.78 is 5.00. The van der Waals surface area contributed by atoms with E-state index in [9.17, 15) is 4.79 Å². The van der Waals surface area contributed by atoms with Crippen LogP contribution in [0.15, 0.2) is 12.3 Å². The monoisotopic (exact) mass is 231 g/mol. The Hall–Kier alpha value is -1.71. The van der Waals surface area contributed by atoms with E-state index in [0.717, 1.165) is 24.8 Å². The Balaban J connectivity index is 2.33. The van der Waals surface area contributed by atoms with Gasteiger partial charge in [0.15, 0.2) is 6.33 Å². The molecule has 0 atom stereocenters. The number of carbonyl (C=O) groups excluding carboxylic acids is 1. The van der Waals surface area contributed by atoms with Gasteiger partial charge in [-0.1, -0.05) is 6.08 Å². The summed E-state index contributed by atoms with van der Waals surface area (Å²) in [5.74, 6) is -0.358. The summed E-state index contributed by atoms with van der Waals surface area (Å²) in [5.41, 5.74) is 2.23. The Morgan fingerprint density at radius 2 is 2.41 bits per heavy atom. The first-order valence-corrected chi connectivity index (χ1v) is 5.92. The normalized spacial score (nSPS) is 15.2. The lowest BCUT2D eigenvalue weighted by atomic mass is 9.95. The van der Waals surface area contributed by atoms with Crippen molar-refractivity contribution in [3.05, 3.63) is 29.9 Å². The van der Waals surface area contributed by atoms with Gasteiger partial charge in [-0.15, -0.1) is 0 Å². The average Bonchev–Trinajstić information content (AvgIpc) is 2.40. The van der Waals surface area contributed by atoms with Crippen LogP contribution in [0.5, 0.6) is 0 Å². The highest BCUT2D eigenvalue weighted by molar-refractivity contribution is 5.94. The number of hydrogen-bond acceptors (Lipinski definition) is 4. The highest BCUT2D eigenvalue weighted by Gasteiger charge is 2.18. The lowest BCUT2D eigenvalue weighted by Crippen LogP contribution is -2.10. The van der Waals surface area contributed by atoms with Gasteiger partial charge >= 0.3 is 5.97 Å². The Morgan fingerprint density at radius 3 is 3.12 bits per heavy atom. The fourth-order valence-corrected chi connectivity index (χ4v) is 1.95. The zero-order valence-corrected chi connectivity index (χ0v) is 9.90. The molecule has 0 spiro atoms. The molecule has 1 heterocycles. The Morgan fingerprint density at radius 1 is 1.53 bits per heavy atom. The summed E-state index contributed by atoms with van der Waals surface area (Å²) in [5, 5.41) is 0. The molecule has 0 aromatic carbocycles. The first kappa shape index (κ1) is 11.8. The van der Waals surface area contributed by atoms with Gasteiger partial charge in [0, 0.05) is 6.20 Å². The van der Waals surface area contributed by atoms with Crippen LogP contribution in [0.25, 0.3) is 5.57 Å². The second-order valence-corrected chi connectivity index (χ2v) is 3.93. The number of carbonyl (C=O) groups is 1. The molecule has 1 aromatic rings. The smallest absolute Gasteiger partial charge is 0.341 e. The van der Waals surface area contributed by atoms with E-state index >= 15 is 0 Å². The van der Waals surface area contributed by atoms with Gasteiger partial charge in [-0.05, 0) is 38.2 Å². The molecule has 4 heteroatoms. The maximum atomic E-state index is 11.8. The molecule has 0 fully saturated rings. The van der Waals surface area contributed by atoms with Crippen molar-refractivity contribution in [1.82, 2.24) is 9.97 Å². The zero-order valence-electron chi connectivity index (χ0n) is 9.90. The summed E-state index contributed by atoms with van der Waals surface area (Å²) in [6, 6.07) is 0. The third-order valence-electron chi connectivity index (χ3n) is 2.76. The number of aromatic nitrogens is 2.